The van der Waals surface area contributed by atoms with Gasteiger partial charge in [0.1, 0.15) is 5.76 Å². The molecular weight excluding hydrogens is 351 g/mol. The van der Waals surface area contributed by atoms with Gasteiger partial charge in [-0.25, -0.2) is 0 Å². The Morgan fingerprint density at radius 1 is 1.32 bits per heavy atom. The van der Waals surface area contributed by atoms with Crippen LogP contribution < -0.4 is 5.32 Å². The van der Waals surface area contributed by atoms with Crippen molar-refractivity contribution >= 4 is 22.6 Å². The molecule has 0 amide bonds. The second-order valence-corrected chi connectivity index (χ2v) is 6.57. The third-order valence-corrected chi connectivity index (χ3v) is 4.57. The van der Waals surface area contributed by atoms with Crippen molar-refractivity contribution in [3.63, 3.8) is 0 Å². The van der Waals surface area contributed by atoms with Crippen molar-refractivity contribution in [3.8, 4) is 0 Å². The molecule has 0 unspecified atom stereocenters. The minimum Gasteiger partial charge on any atom is -0.454 e. The van der Waals surface area contributed by atoms with Gasteiger partial charge in [-0.05, 0) is 74.1 Å². The maximum absolute atomic E-state index is 5.52. The van der Waals surface area contributed by atoms with Crippen LogP contribution in [0.25, 0.3) is 0 Å². The lowest BCUT2D eigenvalue weighted by Gasteiger charge is -2.31. The Balaban J connectivity index is 1.53. The van der Waals surface area contributed by atoms with Crippen molar-refractivity contribution in [1.82, 2.24) is 10.2 Å². The first kappa shape index (κ1) is 15.3. The largest absolute Gasteiger partial charge is 0.454 e. The summed E-state index contributed by atoms with van der Waals surface area (Å²) >= 11 is 2.20. The van der Waals surface area contributed by atoms with Gasteiger partial charge in [0.05, 0.1) is 6.54 Å². The van der Waals surface area contributed by atoms with Crippen LogP contribution in [0.3, 0.4) is 0 Å². The first-order valence-corrected chi connectivity index (χ1v) is 8.49. The lowest BCUT2D eigenvalue weighted by molar-refractivity contribution is 0.189. The van der Waals surface area contributed by atoms with Gasteiger partial charge in [-0.15, -0.1) is 0 Å². The normalized spacial score (nSPS) is 17.2. The zero-order valence-electron chi connectivity index (χ0n) is 11.8. The van der Waals surface area contributed by atoms with Crippen molar-refractivity contribution in [2.24, 2.45) is 0 Å². The quantitative estimate of drug-likeness (QED) is 0.582. The molecule has 0 aliphatic heterocycles. The van der Waals surface area contributed by atoms with Crippen LogP contribution in [0.15, 0.2) is 16.5 Å². The summed E-state index contributed by atoms with van der Waals surface area (Å²) in [5, 5.41) is 3.45. The summed E-state index contributed by atoms with van der Waals surface area (Å²) in [6, 6.07) is 4.89. The van der Waals surface area contributed by atoms with Gasteiger partial charge in [0, 0.05) is 6.04 Å². The summed E-state index contributed by atoms with van der Waals surface area (Å²) in [5.74, 6) is 1.03. The van der Waals surface area contributed by atoms with E-state index in [-0.39, 0.29) is 0 Å². The Labute approximate surface area is 130 Å². The molecule has 3 nitrogen and oxygen atoms in total. The van der Waals surface area contributed by atoms with Gasteiger partial charge < -0.3 is 14.6 Å². The fourth-order valence-corrected chi connectivity index (χ4v) is 3.28. The van der Waals surface area contributed by atoms with E-state index in [1.54, 1.807) is 0 Å². The molecule has 1 N–H and O–H groups in total. The number of hydrogen-bond donors (Lipinski definition) is 1. The Kier molecular flexibility index (Phi) is 6.67. The molecule has 108 valence electrons. The average Bonchev–Trinajstić information content (AvgIpc) is 2.85. The number of furan rings is 1. The summed E-state index contributed by atoms with van der Waals surface area (Å²) in [5.41, 5.74) is 0. The Hall–Kier alpha value is -0.0700. The predicted molar refractivity (Wildman–Crippen MR) is 87.3 cm³/mol. The molecule has 1 aromatic heterocycles. The van der Waals surface area contributed by atoms with Crippen molar-refractivity contribution in [3.05, 3.63) is 21.7 Å². The molecule has 1 saturated carbocycles. The average molecular weight is 376 g/mol. The zero-order chi connectivity index (χ0) is 13.5. The SMILES string of the molecule is CN(CCCNCc1ccc(I)o1)C1CCCCC1. The van der Waals surface area contributed by atoms with E-state index in [0.29, 0.717) is 0 Å². The van der Waals surface area contributed by atoms with Crippen LogP contribution in [0.4, 0.5) is 0 Å². The van der Waals surface area contributed by atoms with Crippen molar-refractivity contribution in [2.75, 3.05) is 20.1 Å². The van der Waals surface area contributed by atoms with Crippen molar-refractivity contribution < 1.29 is 4.42 Å². The topological polar surface area (TPSA) is 28.4 Å². The third kappa shape index (κ3) is 5.44. The fourth-order valence-electron chi connectivity index (χ4n) is 2.82. The van der Waals surface area contributed by atoms with Gasteiger partial charge in [-0.3, -0.25) is 0 Å². The molecule has 1 aromatic rings. The van der Waals surface area contributed by atoms with E-state index < -0.39 is 0 Å². The Bertz CT molecular complexity index is 361. The molecule has 1 fully saturated rings. The molecule has 1 heterocycles. The first-order valence-electron chi connectivity index (χ1n) is 7.41. The minimum atomic E-state index is 0.834. The van der Waals surface area contributed by atoms with E-state index in [4.69, 9.17) is 4.42 Å². The van der Waals surface area contributed by atoms with Crippen LogP contribution >= 0.6 is 22.6 Å². The van der Waals surface area contributed by atoms with Gasteiger partial charge in [-0.1, -0.05) is 19.3 Å². The highest BCUT2D eigenvalue weighted by molar-refractivity contribution is 14.1. The number of halogens is 1. The molecule has 1 aliphatic carbocycles. The molecule has 0 saturated heterocycles. The van der Waals surface area contributed by atoms with E-state index in [9.17, 15) is 0 Å². The molecule has 19 heavy (non-hydrogen) atoms. The molecule has 0 spiro atoms. The monoisotopic (exact) mass is 376 g/mol. The molecule has 4 heteroatoms. The molecular formula is C15H25IN2O. The number of rotatable bonds is 7. The lowest BCUT2D eigenvalue weighted by Crippen LogP contribution is -2.35. The third-order valence-electron chi connectivity index (χ3n) is 3.99. The van der Waals surface area contributed by atoms with Crippen LogP contribution in [0.5, 0.6) is 0 Å². The van der Waals surface area contributed by atoms with Crippen molar-refractivity contribution in [2.45, 2.75) is 51.1 Å². The molecule has 0 radical (unpaired) electrons. The highest BCUT2D eigenvalue weighted by Gasteiger charge is 2.17. The number of nitrogens with one attached hydrogen (secondary N) is 1. The fraction of sp³-hybridized carbons (Fsp3) is 0.733. The lowest BCUT2D eigenvalue weighted by atomic mass is 9.94. The first-order chi connectivity index (χ1) is 9.25. The van der Waals surface area contributed by atoms with E-state index >= 15 is 0 Å². The zero-order valence-corrected chi connectivity index (χ0v) is 14.0. The standard InChI is InChI=1S/C15H25IN2O/c1-18(13-6-3-2-4-7-13)11-5-10-17-12-14-8-9-15(16)19-14/h8-9,13,17H,2-7,10-12H2,1H3. The Morgan fingerprint density at radius 3 is 2.79 bits per heavy atom. The summed E-state index contributed by atoms with van der Waals surface area (Å²) < 4.78 is 6.48. The van der Waals surface area contributed by atoms with Gasteiger partial charge in [0.25, 0.3) is 0 Å². The predicted octanol–water partition coefficient (Wildman–Crippen LogP) is 3.63. The van der Waals surface area contributed by atoms with Gasteiger partial charge in [-0.2, -0.15) is 0 Å². The smallest absolute Gasteiger partial charge is 0.164 e. The highest BCUT2D eigenvalue weighted by atomic mass is 127. The maximum Gasteiger partial charge on any atom is 0.164 e. The van der Waals surface area contributed by atoms with Crippen LogP contribution in [0.2, 0.25) is 0 Å². The number of nitrogens with zero attached hydrogens (tertiary/aromatic N) is 1. The summed E-state index contributed by atoms with van der Waals surface area (Å²) in [7, 11) is 2.28. The number of hydrogen-bond acceptors (Lipinski definition) is 3. The van der Waals surface area contributed by atoms with E-state index in [1.165, 1.54) is 45.1 Å². The molecule has 0 bridgehead atoms. The highest BCUT2D eigenvalue weighted by Crippen LogP contribution is 2.21. The molecule has 0 aromatic carbocycles. The summed E-state index contributed by atoms with van der Waals surface area (Å²) in [6.07, 6.45) is 8.29. The summed E-state index contributed by atoms with van der Waals surface area (Å²) in [4.78, 5) is 2.55. The summed E-state index contributed by atoms with van der Waals surface area (Å²) in [6.45, 7) is 3.11. The minimum absolute atomic E-state index is 0.834. The van der Waals surface area contributed by atoms with E-state index in [2.05, 4.69) is 39.9 Å². The van der Waals surface area contributed by atoms with Crippen LogP contribution in [0.1, 0.15) is 44.3 Å². The molecule has 1 aliphatic rings. The second-order valence-electron chi connectivity index (χ2n) is 5.51. The second kappa shape index (κ2) is 8.27. The maximum atomic E-state index is 5.52. The van der Waals surface area contributed by atoms with Gasteiger partial charge in [0.15, 0.2) is 3.77 Å². The van der Waals surface area contributed by atoms with E-state index in [0.717, 1.165) is 28.7 Å². The van der Waals surface area contributed by atoms with Crippen LogP contribution in [-0.4, -0.2) is 31.1 Å². The van der Waals surface area contributed by atoms with Crippen LogP contribution in [-0.2, 0) is 6.54 Å². The Morgan fingerprint density at radius 2 is 2.11 bits per heavy atom. The van der Waals surface area contributed by atoms with Gasteiger partial charge in [0.2, 0.25) is 0 Å². The molecule has 0 atom stereocenters. The van der Waals surface area contributed by atoms with Crippen molar-refractivity contribution in [1.29, 1.82) is 0 Å². The van der Waals surface area contributed by atoms with Gasteiger partial charge >= 0.3 is 0 Å². The van der Waals surface area contributed by atoms with E-state index in [1.807, 2.05) is 12.1 Å². The molecule has 2 rings (SSSR count). The van der Waals surface area contributed by atoms with Crippen LogP contribution in [0, 0.1) is 3.77 Å².